The Balaban J connectivity index is 2.52. The van der Waals surface area contributed by atoms with E-state index < -0.39 is 22.7 Å². The van der Waals surface area contributed by atoms with Gasteiger partial charge < -0.3 is 15.2 Å². The van der Waals surface area contributed by atoms with E-state index in [1.165, 1.54) is 13.2 Å². The number of carboxylic acids is 1. The van der Waals surface area contributed by atoms with Gasteiger partial charge in [0, 0.05) is 0 Å². The van der Waals surface area contributed by atoms with E-state index in [1.807, 2.05) is 0 Å². The Labute approximate surface area is 117 Å². The normalized spacial score (nSPS) is 19.1. The summed E-state index contributed by atoms with van der Waals surface area (Å²) in [5, 5.41) is 12.0. The van der Waals surface area contributed by atoms with Gasteiger partial charge in [-0.15, -0.1) is 4.40 Å². The molecule has 0 saturated carbocycles. The highest BCUT2D eigenvalue weighted by atomic mass is 32.3. The molecule has 1 aliphatic heterocycles. The van der Waals surface area contributed by atoms with Gasteiger partial charge in [-0.3, -0.25) is 13.9 Å². The van der Waals surface area contributed by atoms with Crippen LogP contribution in [0.25, 0.3) is 0 Å². The van der Waals surface area contributed by atoms with Gasteiger partial charge in [-0.2, -0.15) is 0 Å². The van der Waals surface area contributed by atoms with E-state index in [-0.39, 0.29) is 17.2 Å². The average molecular weight is 300 g/mol. The quantitative estimate of drug-likeness (QED) is 0.680. The smallest absolute Gasteiger partial charge is 0.314 e. The van der Waals surface area contributed by atoms with Crippen LogP contribution in [-0.2, 0) is 4.79 Å². The van der Waals surface area contributed by atoms with Crippen LogP contribution in [0.4, 0.5) is 5.69 Å². The first kappa shape index (κ1) is 14.6. The number of ether oxygens (including phenoxy) is 1. The number of carboxylic acid groups (broad SMARTS) is 1. The van der Waals surface area contributed by atoms with E-state index in [9.17, 15) is 13.9 Å². The van der Waals surface area contributed by atoms with Crippen LogP contribution in [0.5, 0.6) is 5.75 Å². The molecule has 0 spiro atoms. The molecule has 1 aliphatic rings. The molecular weight excluding hydrogens is 284 g/mol. The molecule has 0 aromatic heterocycles. The summed E-state index contributed by atoms with van der Waals surface area (Å²) in [4.78, 5) is 11.4. The highest BCUT2D eigenvalue weighted by molar-refractivity contribution is 8.23. The first-order valence-corrected chi connectivity index (χ1v) is 7.46. The van der Waals surface area contributed by atoms with E-state index in [0.29, 0.717) is 11.4 Å². The van der Waals surface area contributed by atoms with Crippen LogP contribution < -0.4 is 10.1 Å². The van der Waals surface area contributed by atoms with E-state index >= 15 is 0 Å². The molecular formula is C12H16N2O5S. The van der Waals surface area contributed by atoms with Crippen molar-refractivity contribution in [3.8, 4) is 5.75 Å². The van der Waals surface area contributed by atoms with Crippen molar-refractivity contribution in [2.24, 2.45) is 10.3 Å². The van der Waals surface area contributed by atoms with Crippen molar-refractivity contribution in [3.05, 3.63) is 18.2 Å². The van der Waals surface area contributed by atoms with Crippen LogP contribution in [0.3, 0.4) is 0 Å². The fourth-order valence-electron chi connectivity index (χ4n) is 2.01. The van der Waals surface area contributed by atoms with Crippen LogP contribution in [0.15, 0.2) is 27.5 Å². The Morgan fingerprint density at radius 3 is 2.75 bits per heavy atom. The highest BCUT2D eigenvalue weighted by Gasteiger charge is 2.33. The fraction of sp³-hybridized carbons (Fsp3) is 0.333. The van der Waals surface area contributed by atoms with Gasteiger partial charge in [-0.25, -0.2) is 0 Å². The predicted octanol–water partition coefficient (Wildman–Crippen LogP) is 2.65. The minimum absolute atomic E-state index is 0.0250. The number of hydrogen-bond donors (Lipinski definition) is 4. The van der Waals surface area contributed by atoms with Crippen molar-refractivity contribution >= 4 is 28.3 Å². The molecule has 20 heavy (non-hydrogen) atoms. The van der Waals surface area contributed by atoms with Crippen LogP contribution in [0, 0.1) is 5.92 Å². The average Bonchev–Trinajstić information content (AvgIpc) is 2.37. The molecule has 0 saturated heterocycles. The minimum atomic E-state index is -3.43. The largest absolute Gasteiger partial charge is 0.495 e. The summed E-state index contributed by atoms with van der Waals surface area (Å²) in [5.74, 6) is -1.58. The molecule has 0 aliphatic carbocycles. The number of methoxy groups -OCH3 is 1. The summed E-state index contributed by atoms with van der Waals surface area (Å²) in [7, 11) is -1.98. The zero-order chi connectivity index (χ0) is 14.9. The van der Waals surface area contributed by atoms with Crippen molar-refractivity contribution in [1.82, 2.24) is 0 Å². The molecule has 1 aromatic carbocycles. The molecule has 0 amide bonds. The Morgan fingerprint density at radius 2 is 2.20 bits per heavy atom. The van der Waals surface area contributed by atoms with Crippen molar-refractivity contribution < 1.29 is 23.7 Å². The molecule has 1 aromatic rings. The van der Waals surface area contributed by atoms with Crippen LogP contribution in [0.2, 0.25) is 0 Å². The van der Waals surface area contributed by atoms with E-state index in [0.717, 1.165) is 0 Å². The van der Waals surface area contributed by atoms with Crippen molar-refractivity contribution in [3.63, 3.8) is 0 Å². The SMILES string of the molecule is CCC(C(=O)O)C1=NS(O)(O)c2cccc(OC)c2N1. The second-order valence-electron chi connectivity index (χ2n) is 4.25. The standard InChI is InChI=1S/C12H16N2O5S/c1-3-7(12(15)16)11-13-10-8(19-2)5-4-6-9(10)20(17,18)14-11/h4-7,17-18H,3H2,1-2H3,(H,13,14)(H,15,16). The third-order valence-electron chi connectivity index (χ3n) is 3.02. The summed E-state index contributed by atoms with van der Waals surface area (Å²) in [6, 6.07) is 4.77. The molecule has 4 N–H and O–H groups in total. The van der Waals surface area contributed by atoms with Gasteiger partial charge in [0.1, 0.15) is 28.1 Å². The fourth-order valence-corrected chi connectivity index (χ4v) is 3.24. The maximum atomic E-state index is 11.2. The van der Waals surface area contributed by atoms with E-state index in [2.05, 4.69) is 9.71 Å². The summed E-state index contributed by atoms with van der Waals surface area (Å²) >= 11 is 0. The molecule has 8 heteroatoms. The van der Waals surface area contributed by atoms with Gasteiger partial charge in [0.15, 0.2) is 0 Å². The van der Waals surface area contributed by atoms with Crippen molar-refractivity contribution in [2.45, 2.75) is 18.2 Å². The number of rotatable bonds is 4. The molecule has 0 bridgehead atoms. The topological polar surface area (TPSA) is 111 Å². The molecule has 1 atom stereocenters. The molecule has 1 unspecified atom stereocenters. The maximum absolute atomic E-state index is 11.2. The monoisotopic (exact) mass is 300 g/mol. The summed E-state index contributed by atoms with van der Waals surface area (Å²) in [6.07, 6.45) is 0.279. The van der Waals surface area contributed by atoms with Gasteiger partial charge >= 0.3 is 5.97 Å². The zero-order valence-corrected chi connectivity index (χ0v) is 11.8. The number of amidine groups is 1. The van der Waals surface area contributed by atoms with E-state index in [4.69, 9.17) is 9.84 Å². The number of hydrogen-bond acceptors (Lipinski definition) is 6. The number of para-hydroxylation sites is 1. The summed E-state index contributed by atoms with van der Waals surface area (Å²) < 4.78 is 29.2. The Bertz CT molecular complexity index is 573. The molecule has 0 fully saturated rings. The summed E-state index contributed by atoms with van der Waals surface area (Å²) in [6.45, 7) is 1.69. The van der Waals surface area contributed by atoms with Crippen LogP contribution in [-0.4, -0.2) is 33.1 Å². The third kappa shape index (κ3) is 2.45. The number of carbonyl (C=O) groups is 1. The van der Waals surface area contributed by atoms with Gasteiger partial charge in [0.05, 0.1) is 7.11 Å². The van der Waals surface area contributed by atoms with Crippen LogP contribution in [0.1, 0.15) is 13.3 Å². The van der Waals surface area contributed by atoms with Crippen molar-refractivity contribution in [1.29, 1.82) is 0 Å². The minimum Gasteiger partial charge on any atom is -0.495 e. The first-order chi connectivity index (χ1) is 9.40. The Kier molecular flexibility index (Phi) is 3.89. The van der Waals surface area contributed by atoms with Gasteiger partial charge in [0.25, 0.3) is 0 Å². The molecule has 1 heterocycles. The van der Waals surface area contributed by atoms with Crippen LogP contribution >= 0.6 is 10.8 Å². The third-order valence-corrected chi connectivity index (χ3v) is 4.40. The highest BCUT2D eigenvalue weighted by Crippen LogP contribution is 2.57. The molecule has 0 radical (unpaired) electrons. The molecule has 7 nitrogen and oxygen atoms in total. The van der Waals surface area contributed by atoms with Gasteiger partial charge in [0.2, 0.25) is 0 Å². The lowest BCUT2D eigenvalue weighted by Crippen LogP contribution is -2.32. The Morgan fingerprint density at radius 1 is 1.50 bits per heavy atom. The molecule has 2 rings (SSSR count). The Hall–Kier alpha value is -1.77. The second-order valence-corrected chi connectivity index (χ2v) is 5.91. The number of anilines is 1. The lowest BCUT2D eigenvalue weighted by molar-refractivity contribution is -0.139. The van der Waals surface area contributed by atoms with Gasteiger partial charge in [-0.1, -0.05) is 23.8 Å². The molecule has 110 valence electrons. The maximum Gasteiger partial charge on any atom is 0.314 e. The van der Waals surface area contributed by atoms with Crippen molar-refractivity contribution in [2.75, 3.05) is 12.4 Å². The number of fused-ring (bicyclic) bond motifs is 1. The lowest BCUT2D eigenvalue weighted by atomic mass is 10.1. The number of nitrogens with zero attached hydrogens (tertiary/aromatic N) is 1. The lowest BCUT2D eigenvalue weighted by Gasteiger charge is -2.35. The summed E-state index contributed by atoms with van der Waals surface area (Å²) in [5.41, 5.74) is 0.347. The predicted molar refractivity (Wildman–Crippen MR) is 76.6 cm³/mol. The zero-order valence-electron chi connectivity index (χ0n) is 11.0. The van der Waals surface area contributed by atoms with E-state index in [1.54, 1.807) is 19.1 Å². The number of nitrogens with one attached hydrogen (secondary N) is 1. The second kappa shape index (κ2) is 5.31. The number of benzene rings is 1. The number of aliphatic carboxylic acids is 1. The van der Waals surface area contributed by atoms with Gasteiger partial charge in [-0.05, 0) is 18.6 Å². The first-order valence-electron chi connectivity index (χ1n) is 5.95.